The first-order chi connectivity index (χ1) is 6.04. The molecule has 3 heteroatoms. The molecule has 1 rings (SSSR count). The second-order valence-corrected chi connectivity index (χ2v) is 4.47. The lowest BCUT2D eigenvalue weighted by Crippen LogP contribution is -2.16. The smallest absolute Gasteiger partial charge is 0.306 e. The number of rotatable bonds is 3. The Balaban J connectivity index is 2.85. The number of carbonyl (C=O) groups is 1. The normalized spacial score (nSPS) is 15.3. The molecule has 0 aromatic carbocycles. The van der Waals surface area contributed by atoms with Crippen LogP contribution in [0.5, 0.6) is 0 Å². The Kier molecular flexibility index (Phi) is 3.09. The average molecular weight is 198 g/mol. The van der Waals surface area contributed by atoms with Gasteiger partial charge in [0.2, 0.25) is 0 Å². The van der Waals surface area contributed by atoms with Crippen LogP contribution >= 0.6 is 11.3 Å². The van der Waals surface area contributed by atoms with Crippen molar-refractivity contribution >= 4 is 17.3 Å². The first kappa shape index (κ1) is 10.3. The summed E-state index contributed by atoms with van der Waals surface area (Å²) in [4.78, 5) is 12.0. The van der Waals surface area contributed by atoms with E-state index >= 15 is 0 Å². The van der Waals surface area contributed by atoms with E-state index in [1.54, 1.807) is 18.3 Å². The highest BCUT2D eigenvalue weighted by molar-refractivity contribution is 7.10. The number of aliphatic carboxylic acids is 1. The maximum Gasteiger partial charge on any atom is 0.306 e. The molecule has 0 saturated carbocycles. The molecule has 0 aliphatic rings. The number of aryl methyl sites for hydroxylation is 1. The number of hydrogen-bond donors (Lipinski definition) is 1. The Bertz CT molecular complexity index is 304. The molecular formula is C10H14O2S. The molecule has 2 atom stereocenters. The quantitative estimate of drug-likeness (QED) is 0.810. The first-order valence-corrected chi connectivity index (χ1v) is 5.18. The van der Waals surface area contributed by atoms with Gasteiger partial charge in [-0.3, -0.25) is 4.79 Å². The van der Waals surface area contributed by atoms with Crippen molar-refractivity contribution < 1.29 is 9.90 Å². The van der Waals surface area contributed by atoms with E-state index in [-0.39, 0.29) is 11.8 Å². The lowest BCUT2D eigenvalue weighted by Gasteiger charge is -2.15. The fraction of sp³-hybridized carbons (Fsp3) is 0.500. The van der Waals surface area contributed by atoms with Crippen LogP contribution in [-0.2, 0) is 4.79 Å². The van der Waals surface area contributed by atoms with Crippen LogP contribution in [0.2, 0.25) is 0 Å². The fourth-order valence-corrected chi connectivity index (χ4v) is 2.16. The molecule has 13 heavy (non-hydrogen) atoms. The van der Waals surface area contributed by atoms with Crippen LogP contribution in [0.25, 0.3) is 0 Å². The molecule has 2 nitrogen and oxygen atoms in total. The third-order valence-corrected chi connectivity index (χ3v) is 3.39. The molecule has 1 aromatic rings. The van der Waals surface area contributed by atoms with E-state index in [1.807, 2.05) is 25.3 Å². The summed E-state index contributed by atoms with van der Waals surface area (Å²) < 4.78 is 0. The van der Waals surface area contributed by atoms with Crippen molar-refractivity contribution in [3.05, 3.63) is 21.9 Å². The van der Waals surface area contributed by atoms with E-state index in [0.717, 1.165) is 0 Å². The molecule has 1 N–H and O–H groups in total. The molecule has 72 valence electrons. The molecule has 2 unspecified atom stereocenters. The van der Waals surface area contributed by atoms with Gasteiger partial charge < -0.3 is 5.11 Å². The molecule has 0 aliphatic heterocycles. The predicted molar refractivity (Wildman–Crippen MR) is 54.3 cm³/mol. The number of hydrogen-bond acceptors (Lipinski definition) is 2. The van der Waals surface area contributed by atoms with Gasteiger partial charge in [0.1, 0.15) is 0 Å². The summed E-state index contributed by atoms with van der Waals surface area (Å²) in [5.74, 6) is -0.935. The Morgan fingerprint density at radius 3 is 2.54 bits per heavy atom. The van der Waals surface area contributed by atoms with Crippen LogP contribution < -0.4 is 0 Å². The maximum absolute atomic E-state index is 10.8. The summed E-state index contributed by atoms with van der Waals surface area (Å²) >= 11 is 1.67. The summed E-state index contributed by atoms with van der Waals surface area (Å²) in [6, 6.07) is 2.02. The van der Waals surface area contributed by atoms with Crippen molar-refractivity contribution in [2.45, 2.75) is 26.7 Å². The van der Waals surface area contributed by atoms with E-state index in [1.165, 1.54) is 10.4 Å². The largest absolute Gasteiger partial charge is 0.481 e. The van der Waals surface area contributed by atoms with Crippen LogP contribution in [-0.4, -0.2) is 11.1 Å². The zero-order valence-corrected chi connectivity index (χ0v) is 8.89. The Morgan fingerprint density at radius 1 is 1.54 bits per heavy atom. The van der Waals surface area contributed by atoms with Crippen molar-refractivity contribution in [3.63, 3.8) is 0 Å². The minimum atomic E-state index is -0.724. The third-order valence-electron chi connectivity index (χ3n) is 2.53. The van der Waals surface area contributed by atoms with E-state index in [0.29, 0.717) is 0 Å². The third kappa shape index (κ3) is 2.10. The van der Waals surface area contributed by atoms with E-state index in [2.05, 4.69) is 0 Å². The van der Waals surface area contributed by atoms with Gasteiger partial charge in [0.25, 0.3) is 0 Å². The highest BCUT2D eigenvalue weighted by Gasteiger charge is 2.22. The Morgan fingerprint density at radius 2 is 2.15 bits per heavy atom. The summed E-state index contributed by atoms with van der Waals surface area (Å²) in [5, 5.41) is 10.9. The lowest BCUT2D eigenvalue weighted by molar-refractivity contribution is -0.141. The molecule has 1 heterocycles. The monoisotopic (exact) mass is 198 g/mol. The van der Waals surface area contributed by atoms with Crippen LogP contribution in [0.1, 0.15) is 30.2 Å². The van der Waals surface area contributed by atoms with Crippen molar-refractivity contribution in [2.75, 3.05) is 0 Å². The van der Waals surface area contributed by atoms with E-state index in [9.17, 15) is 4.79 Å². The standard InChI is InChI=1S/C10H14O2S/c1-6(7(2)10(11)12)9-4-5-13-8(9)3/h4-7H,1-3H3,(H,11,12). The molecule has 0 spiro atoms. The molecule has 0 fully saturated rings. The molecule has 0 amide bonds. The molecule has 0 saturated heterocycles. The van der Waals surface area contributed by atoms with Crippen LogP contribution in [0.3, 0.4) is 0 Å². The van der Waals surface area contributed by atoms with Gasteiger partial charge in [0.15, 0.2) is 0 Å². The highest BCUT2D eigenvalue weighted by Crippen LogP contribution is 2.29. The predicted octanol–water partition coefficient (Wildman–Crippen LogP) is 2.88. The molecule has 0 aliphatic carbocycles. The van der Waals surface area contributed by atoms with E-state index < -0.39 is 5.97 Å². The fourth-order valence-electron chi connectivity index (χ4n) is 1.35. The second kappa shape index (κ2) is 3.92. The minimum Gasteiger partial charge on any atom is -0.481 e. The van der Waals surface area contributed by atoms with Gasteiger partial charge in [-0.25, -0.2) is 0 Å². The maximum atomic E-state index is 10.8. The van der Waals surface area contributed by atoms with Crippen molar-refractivity contribution in [1.29, 1.82) is 0 Å². The second-order valence-electron chi connectivity index (χ2n) is 3.35. The van der Waals surface area contributed by atoms with Gasteiger partial charge in [-0.15, -0.1) is 11.3 Å². The molecule has 0 bridgehead atoms. The Hall–Kier alpha value is -0.830. The summed E-state index contributed by atoms with van der Waals surface area (Å²) in [6.07, 6.45) is 0. The van der Waals surface area contributed by atoms with Crippen molar-refractivity contribution in [2.24, 2.45) is 5.92 Å². The Labute approximate surface area is 82.2 Å². The van der Waals surface area contributed by atoms with Gasteiger partial charge in [0.05, 0.1) is 5.92 Å². The SMILES string of the molecule is Cc1sccc1C(C)C(C)C(=O)O. The number of thiophene rings is 1. The van der Waals surface area contributed by atoms with Gasteiger partial charge >= 0.3 is 5.97 Å². The average Bonchev–Trinajstić information content (AvgIpc) is 2.48. The number of carboxylic acid groups (broad SMARTS) is 1. The van der Waals surface area contributed by atoms with Crippen molar-refractivity contribution in [1.82, 2.24) is 0 Å². The zero-order chi connectivity index (χ0) is 10.0. The van der Waals surface area contributed by atoms with Crippen LogP contribution in [0.4, 0.5) is 0 Å². The summed E-state index contributed by atoms with van der Waals surface area (Å²) in [5.41, 5.74) is 1.17. The lowest BCUT2D eigenvalue weighted by atomic mass is 9.89. The minimum absolute atomic E-state index is 0.101. The van der Waals surface area contributed by atoms with Gasteiger partial charge in [0, 0.05) is 4.88 Å². The summed E-state index contributed by atoms with van der Waals surface area (Å²) in [7, 11) is 0. The summed E-state index contributed by atoms with van der Waals surface area (Å²) in [6.45, 7) is 5.75. The zero-order valence-electron chi connectivity index (χ0n) is 8.07. The molecule has 1 aromatic heterocycles. The topological polar surface area (TPSA) is 37.3 Å². The van der Waals surface area contributed by atoms with Gasteiger partial charge in [-0.1, -0.05) is 13.8 Å². The first-order valence-electron chi connectivity index (χ1n) is 4.30. The van der Waals surface area contributed by atoms with Gasteiger partial charge in [-0.05, 0) is 29.9 Å². The molecular weight excluding hydrogens is 184 g/mol. The van der Waals surface area contributed by atoms with E-state index in [4.69, 9.17) is 5.11 Å². The highest BCUT2D eigenvalue weighted by atomic mass is 32.1. The number of carboxylic acids is 1. The van der Waals surface area contributed by atoms with Crippen LogP contribution in [0, 0.1) is 12.8 Å². The van der Waals surface area contributed by atoms with Crippen molar-refractivity contribution in [3.8, 4) is 0 Å². The van der Waals surface area contributed by atoms with Gasteiger partial charge in [-0.2, -0.15) is 0 Å². The molecule has 0 radical (unpaired) electrons. The van der Waals surface area contributed by atoms with Crippen LogP contribution in [0.15, 0.2) is 11.4 Å².